The van der Waals surface area contributed by atoms with Gasteiger partial charge >= 0.3 is 5.97 Å². The molecule has 0 fully saturated rings. The van der Waals surface area contributed by atoms with E-state index in [1.807, 2.05) is 19.9 Å². The molecule has 0 saturated carbocycles. The molecule has 1 amide bonds. The van der Waals surface area contributed by atoms with Gasteiger partial charge in [-0.2, -0.15) is 0 Å². The molecule has 0 spiro atoms. The molecule has 1 aromatic rings. The molecule has 0 bridgehead atoms. The normalized spacial score (nSPS) is 12.0. The molecule has 1 atom stereocenters. The monoisotopic (exact) mass is 343 g/mol. The molecule has 0 saturated heterocycles. The minimum absolute atomic E-state index is 0.181. The summed E-state index contributed by atoms with van der Waals surface area (Å²) in [5.41, 5.74) is 0. The van der Waals surface area contributed by atoms with Crippen LogP contribution in [-0.4, -0.2) is 29.6 Å². The summed E-state index contributed by atoms with van der Waals surface area (Å²) < 4.78 is 6.07. The lowest BCUT2D eigenvalue weighted by Crippen LogP contribution is -2.43. The van der Waals surface area contributed by atoms with E-state index in [1.165, 1.54) is 0 Å². The van der Waals surface area contributed by atoms with Crippen LogP contribution in [0.25, 0.3) is 0 Å². The largest absolute Gasteiger partial charge is 0.483 e. The van der Waals surface area contributed by atoms with Crippen molar-refractivity contribution in [2.45, 2.75) is 26.3 Å². The molecule has 0 aliphatic carbocycles. The molecule has 5 nitrogen and oxygen atoms in total. The van der Waals surface area contributed by atoms with Gasteiger partial charge in [-0.05, 0) is 40.4 Å². The molecule has 1 aromatic carbocycles. The summed E-state index contributed by atoms with van der Waals surface area (Å²) in [5.74, 6) is -0.763. The van der Waals surface area contributed by atoms with Crippen LogP contribution in [0.2, 0.25) is 0 Å². The van der Waals surface area contributed by atoms with Gasteiger partial charge in [0, 0.05) is 0 Å². The van der Waals surface area contributed by atoms with Gasteiger partial charge in [0.25, 0.3) is 5.91 Å². The predicted molar refractivity (Wildman–Crippen MR) is 78.7 cm³/mol. The molecule has 0 unspecified atom stereocenters. The van der Waals surface area contributed by atoms with Crippen LogP contribution in [-0.2, 0) is 9.59 Å². The minimum atomic E-state index is -1.03. The number of ether oxygens (including phenoxy) is 1. The van der Waals surface area contributed by atoms with Crippen molar-refractivity contribution in [2.24, 2.45) is 5.92 Å². The number of carboxylic acids is 1. The highest BCUT2D eigenvalue weighted by atomic mass is 79.9. The van der Waals surface area contributed by atoms with Gasteiger partial charge in [-0.15, -0.1) is 0 Å². The maximum absolute atomic E-state index is 11.7. The summed E-state index contributed by atoms with van der Waals surface area (Å²) in [5, 5.41) is 11.5. The fourth-order valence-electron chi connectivity index (χ4n) is 1.63. The van der Waals surface area contributed by atoms with Crippen molar-refractivity contribution in [1.29, 1.82) is 0 Å². The Balaban J connectivity index is 2.50. The maximum atomic E-state index is 11.7. The van der Waals surface area contributed by atoms with Crippen LogP contribution in [0.3, 0.4) is 0 Å². The van der Waals surface area contributed by atoms with E-state index in [0.29, 0.717) is 12.2 Å². The van der Waals surface area contributed by atoms with E-state index in [4.69, 9.17) is 9.84 Å². The van der Waals surface area contributed by atoms with Gasteiger partial charge in [-0.3, -0.25) is 4.79 Å². The molecule has 110 valence electrons. The zero-order chi connectivity index (χ0) is 15.1. The molecule has 20 heavy (non-hydrogen) atoms. The first-order chi connectivity index (χ1) is 9.40. The second-order valence-corrected chi connectivity index (χ2v) is 5.66. The van der Waals surface area contributed by atoms with Crippen LogP contribution in [0.5, 0.6) is 5.75 Å². The molecule has 6 heteroatoms. The number of carbonyl (C=O) groups is 2. The molecule has 0 aliphatic rings. The lowest BCUT2D eigenvalue weighted by molar-refractivity contribution is -0.142. The van der Waals surface area contributed by atoms with Crippen molar-refractivity contribution in [3.8, 4) is 5.75 Å². The summed E-state index contributed by atoms with van der Waals surface area (Å²) in [7, 11) is 0. The Morgan fingerprint density at radius 1 is 1.35 bits per heavy atom. The van der Waals surface area contributed by atoms with E-state index >= 15 is 0 Å². The minimum Gasteiger partial charge on any atom is -0.483 e. The highest BCUT2D eigenvalue weighted by Gasteiger charge is 2.21. The first-order valence-corrected chi connectivity index (χ1v) is 7.09. The predicted octanol–water partition coefficient (Wildman–Crippen LogP) is 2.44. The molecule has 1 rings (SSSR count). The Bertz CT molecular complexity index is 476. The summed E-state index contributed by atoms with van der Waals surface area (Å²) in [4.78, 5) is 22.7. The van der Waals surface area contributed by atoms with Gasteiger partial charge in [-0.25, -0.2) is 4.79 Å². The second kappa shape index (κ2) is 7.89. The topological polar surface area (TPSA) is 75.6 Å². The average molecular weight is 344 g/mol. The first kappa shape index (κ1) is 16.5. The van der Waals surface area contributed by atoms with Gasteiger partial charge < -0.3 is 15.2 Å². The highest BCUT2D eigenvalue weighted by molar-refractivity contribution is 9.10. The van der Waals surface area contributed by atoms with Crippen LogP contribution in [0.4, 0.5) is 0 Å². The maximum Gasteiger partial charge on any atom is 0.326 e. The fourth-order valence-corrected chi connectivity index (χ4v) is 2.03. The molecular weight excluding hydrogens is 326 g/mol. The fraction of sp³-hybridized carbons (Fsp3) is 0.429. The zero-order valence-electron chi connectivity index (χ0n) is 11.4. The number of para-hydroxylation sites is 1. The van der Waals surface area contributed by atoms with E-state index in [1.54, 1.807) is 18.2 Å². The SMILES string of the molecule is CC(C)C[C@@H](NC(=O)COc1ccccc1Br)C(=O)O. The number of halogens is 1. The quantitative estimate of drug-likeness (QED) is 0.797. The van der Waals surface area contributed by atoms with Crippen molar-refractivity contribution in [3.63, 3.8) is 0 Å². The third-order valence-corrected chi connectivity index (χ3v) is 3.19. The van der Waals surface area contributed by atoms with Gasteiger partial charge in [0.15, 0.2) is 6.61 Å². The number of carboxylic acid groups (broad SMARTS) is 1. The third-order valence-electron chi connectivity index (χ3n) is 2.54. The smallest absolute Gasteiger partial charge is 0.326 e. The van der Waals surface area contributed by atoms with Gasteiger partial charge in [0.1, 0.15) is 11.8 Å². The van der Waals surface area contributed by atoms with E-state index in [9.17, 15) is 9.59 Å². The molecule has 0 aromatic heterocycles. The van der Waals surface area contributed by atoms with Gasteiger partial charge in [0.2, 0.25) is 0 Å². The lowest BCUT2D eigenvalue weighted by atomic mass is 10.0. The third kappa shape index (κ3) is 5.61. The number of aliphatic carboxylic acids is 1. The molecule has 0 heterocycles. The highest BCUT2D eigenvalue weighted by Crippen LogP contribution is 2.23. The van der Waals surface area contributed by atoms with E-state index in [0.717, 1.165) is 4.47 Å². The lowest BCUT2D eigenvalue weighted by Gasteiger charge is -2.16. The summed E-state index contributed by atoms with van der Waals surface area (Å²) in [6, 6.07) is 6.26. The average Bonchev–Trinajstić information content (AvgIpc) is 2.36. The van der Waals surface area contributed by atoms with Crippen molar-refractivity contribution in [3.05, 3.63) is 28.7 Å². The molecule has 2 N–H and O–H groups in total. The number of carbonyl (C=O) groups excluding carboxylic acids is 1. The second-order valence-electron chi connectivity index (χ2n) is 4.81. The van der Waals surface area contributed by atoms with Gasteiger partial charge in [-0.1, -0.05) is 26.0 Å². The van der Waals surface area contributed by atoms with Crippen molar-refractivity contribution in [2.75, 3.05) is 6.61 Å². The van der Waals surface area contributed by atoms with E-state index in [2.05, 4.69) is 21.2 Å². The Hall–Kier alpha value is -1.56. The Labute approximate surface area is 126 Å². The van der Waals surface area contributed by atoms with Crippen LogP contribution < -0.4 is 10.1 Å². The number of nitrogens with one attached hydrogen (secondary N) is 1. The zero-order valence-corrected chi connectivity index (χ0v) is 13.0. The summed E-state index contributed by atoms with van der Waals surface area (Å²) >= 11 is 3.30. The van der Waals surface area contributed by atoms with Crippen molar-refractivity contribution in [1.82, 2.24) is 5.32 Å². The van der Waals surface area contributed by atoms with Crippen molar-refractivity contribution >= 4 is 27.8 Å². The van der Waals surface area contributed by atoms with E-state index in [-0.39, 0.29) is 12.5 Å². The van der Waals surface area contributed by atoms with Crippen LogP contribution in [0, 0.1) is 5.92 Å². The van der Waals surface area contributed by atoms with E-state index < -0.39 is 17.9 Å². The van der Waals surface area contributed by atoms with Gasteiger partial charge in [0.05, 0.1) is 4.47 Å². The standard InChI is InChI=1S/C14H18BrNO4/c1-9(2)7-11(14(18)19)16-13(17)8-20-12-6-4-3-5-10(12)15/h3-6,9,11H,7-8H2,1-2H3,(H,16,17)(H,18,19)/t11-/m1/s1. The molecular formula is C14H18BrNO4. The number of hydrogen-bond acceptors (Lipinski definition) is 3. The number of benzene rings is 1. The summed E-state index contributed by atoms with van der Waals surface area (Å²) in [6.45, 7) is 3.59. The van der Waals surface area contributed by atoms with Crippen LogP contribution >= 0.6 is 15.9 Å². The number of rotatable bonds is 7. The Morgan fingerprint density at radius 2 is 2.00 bits per heavy atom. The number of amides is 1. The Kier molecular flexibility index (Phi) is 6.51. The van der Waals surface area contributed by atoms with Crippen LogP contribution in [0.15, 0.2) is 28.7 Å². The Morgan fingerprint density at radius 3 is 2.55 bits per heavy atom. The molecule has 0 radical (unpaired) electrons. The molecule has 0 aliphatic heterocycles. The first-order valence-electron chi connectivity index (χ1n) is 6.29. The summed E-state index contributed by atoms with van der Waals surface area (Å²) in [6.07, 6.45) is 0.385. The van der Waals surface area contributed by atoms with Crippen LogP contribution in [0.1, 0.15) is 20.3 Å². The number of hydrogen-bond donors (Lipinski definition) is 2. The van der Waals surface area contributed by atoms with Crippen molar-refractivity contribution < 1.29 is 19.4 Å².